The minimum Gasteiger partial charge on any atom is -0.311 e. The first-order valence-electron chi connectivity index (χ1n) is 4.40. The first-order chi connectivity index (χ1) is 6.61. The molecule has 0 saturated carbocycles. The molecule has 1 aromatic heterocycles. The van der Waals surface area contributed by atoms with Gasteiger partial charge in [-0.2, -0.15) is 11.8 Å². The topological polar surface area (TPSA) is 47.2 Å². The van der Waals surface area contributed by atoms with Crippen molar-refractivity contribution < 1.29 is 0 Å². The maximum absolute atomic E-state index is 10.8. The van der Waals surface area contributed by atoms with Crippen LogP contribution in [-0.4, -0.2) is 21.6 Å². The van der Waals surface area contributed by atoms with E-state index in [1.54, 1.807) is 35.0 Å². The fourth-order valence-corrected chi connectivity index (χ4v) is 2.35. The highest BCUT2D eigenvalue weighted by Gasteiger charge is 2.31. The number of imidazole rings is 1. The lowest BCUT2D eigenvalue weighted by Gasteiger charge is -2.29. The van der Waals surface area contributed by atoms with E-state index in [4.69, 9.17) is 0 Å². The smallest absolute Gasteiger partial charge is 0.173 e. The average molecular weight is 213 g/mol. The maximum Gasteiger partial charge on any atom is 0.173 e. The molecule has 1 atom stereocenters. The number of hydrogen-bond acceptors (Lipinski definition) is 4. The summed E-state index contributed by atoms with van der Waals surface area (Å²) in [6, 6.07) is 0. The molecule has 1 aromatic rings. The van der Waals surface area contributed by atoms with E-state index in [0.29, 0.717) is 0 Å². The van der Waals surface area contributed by atoms with Crippen molar-refractivity contribution in [3.63, 3.8) is 0 Å². The molecule has 0 aliphatic carbocycles. The number of rotatable bonds is 5. The van der Waals surface area contributed by atoms with Crippen LogP contribution in [0.2, 0.25) is 0 Å². The van der Waals surface area contributed by atoms with Gasteiger partial charge in [-0.15, -0.1) is 4.91 Å². The molecule has 1 heterocycles. The lowest BCUT2D eigenvalue weighted by molar-refractivity contribution is 0.256. The van der Waals surface area contributed by atoms with Gasteiger partial charge >= 0.3 is 0 Å². The summed E-state index contributed by atoms with van der Waals surface area (Å²) in [4.78, 5) is 14.7. The molecule has 0 radical (unpaired) electrons. The van der Waals surface area contributed by atoms with Crippen LogP contribution in [0.25, 0.3) is 0 Å². The Hall–Kier alpha value is -0.840. The van der Waals surface area contributed by atoms with Gasteiger partial charge in [-0.25, -0.2) is 4.98 Å². The molecule has 0 aromatic carbocycles. The van der Waals surface area contributed by atoms with Crippen molar-refractivity contribution in [2.45, 2.75) is 20.0 Å². The largest absolute Gasteiger partial charge is 0.311 e. The van der Waals surface area contributed by atoms with E-state index in [1.807, 2.05) is 20.1 Å². The number of thioether (sulfide) groups is 1. The normalized spacial score (nSPS) is 13.9. The number of aromatic nitrogens is 2. The van der Waals surface area contributed by atoms with E-state index in [1.165, 1.54) is 0 Å². The van der Waals surface area contributed by atoms with E-state index in [2.05, 4.69) is 10.2 Å². The van der Waals surface area contributed by atoms with Gasteiger partial charge in [0.25, 0.3) is 0 Å². The summed E-state index contributed by atoms with van der Waals surface area (Å²) in [5, 5.41) is 3.18. The lowest BCUT2D eigenvalue weighted by Crippen LogP contribution is -2.27. The van der Waals surface area contributed by atoms with Crippen LogP contribution < -0.4 is 0 Å². The third-order valence-corrected chi connectivity index (χ3v) is 3.16. The van der Waals surface area contributed by atoms with Gasteiger partial charge in [-0.3, -0.25) is 0 Å². The standard InChI is InChI=1S/C9H15N3OS/c1-9(2,6-14-3)8(11-13)12-5-4-10-7-12/h4-5,7-8H,6H2,1-3H3. The van der Waals surface area contributed by atoms with Crippen molar-refractivity contribution in [2.24, 2.45) is 10.6 Å². The third kappa shape index (κ3) is 2.35. The number of nitrogens with zero attached hydrogens (tertiary/aromatic N) is 3. The third-order valence-electron chi connectivity index (χ3n) is 2.12. The molecule has 0 aliphatic heterocycles. The van der Waals surface area contributed by atoms with Gasteiger partial charge in [0.2, 0.25) is 0 Å². The Morgan fingerprint density at radius 3 is 2.79 bits per heavy atom. The highest BCUT2D eigenvalue weighted by atomic mass is 32.2. The van der Waals surface area contributed by atoms with Crippen LogP contribution in [0.15, 0.2) is 23.9 Å². The van der Waals surface area contributed by atoms with E-state index in [9.17, 15) is 4.91 Å². The van der Waals surface area contributed by atoms with E-state index < -0.39 is 0 Å². The number of hydrogen-bond donors (Lipinski definition) is 0. The van der Waals surface area contributed by atoms with Gasteiger partial charge in [0.05, 0.1) is 6.33 Å². The molecule has 0 fully saturated rings. The molecule has 1 rings (SSSR count). The second-order valence-corrected chi connectivity index (χ2v) is 4.78. The second-order valence-electron chi connectivity index (χ2n) is 3.91. The summed E-state index contributed by atoms with van der Waals surface area (Å²) in [5.74, 6) is 0.890. The zero-order chi connectivity index (χ0) is 10.6. The zero-order valence-corrected chi connectivity index (χ0v) is 9.49. The Morgan fingerprint density at radius 2 is 2.36 bits per heavy atom. The average Bonchev–Trinajstić information content (AvgIpc) is 2.57. The molecule has 0 bridgehead atoms. The summed E-state index contributed by atoms with van der Waals surface area (Å²) in [5.41, 5.74) is -0.151. The van der Waals surface area contributed by atoms with Crippen LogP contribution in [0.3, 0.4) is 0 Å². The van der Waals surface area contributed by atoms with Crippen LogP contribution in [0.1, 0.15) is 20.0 Å². The quantitative estimate of drug-likeness (QED) is 0.706. The van der Waals surface area contributed by atoms with Gasteiger partial charge in [0, 0.05) is 23.6 Å². The Bertz CT molecular complexity index is 284. The molecule has 0 saturated heterocycles. The Balaban J connectivity index is 2.86. The Kier molecular flexibility index (Phi) is 3.69. The molecule has 1 unspecified atom stereocenters. The van der Waals surface area contributed by atoms with Crippen LogP contribution >= 0.6 is 11.8 Å². The highest BCUT2D eigenvalue weighted by Crippen LogP contribution is 2.34. The van der Waals surface area contributed by atoms with Gasteiger partial charge < -0.3 is 4.57 Å². The van der Waals surface area contributed by atoms with E-state index in [0.717, 1.165) is 5.75 Å². The van der Waals surface area contributed by atoms with Gasteiger partial charge in [-0.1, -0.05) is 13.8 Å². The number of nitroso groups, excluding NO2 is 1. The predicted molar refractivity (Wildman–Crippen MR) is 59.2 cm³/mol. The van der Waals surface area contributed by atoms with Crippen LogP contribution in [0.5, 0.6) is 0 Å². The molecular weight excluding hydrogens is 198 g/mol. The monoisotopic (exact) mass is 213 g/mol. The lowest BCUT2D eigenvalue weighted by atomic mass is 9.92. The van der Waals surface area contributed by atoms with Gasteiger partial charge in [-0.05, 0) is 11.4 Å². The molecule has 0 spiro atoms. The van der Waals surface area contributed by atoms with Crippen molar-refractivity contribution in [3.05, 3.63) is 23.6 Å². The minimum atomic E-state index is -0.377. The zero-order valence-electron chi connectivity index (χ0n) is 8.67. The SMILES string of the molecule is CSCC(C)(C)C(N=O)n1ccnc1. The predicted octanol–water partition coefficient (Wildman–Crippen LogP) is 2.54. The van der Waals surface area contributed by atoms with Gasteiger partial charge in [0.15, 0.2) is 6.17 Å². The summed E-state index contributed by atoms with van der Waals surface area (Å²) in [7, 11) is 0. The molecule has 5 heteroatoms. The molecule has 78 valence electrons. The summed E-state index contributed by atoms with van der Waals surface area (Å²) in [6.45, 7) is 4.07. The molecular formula is C9H15N3OS. The first-order valence-corrected chi connectivity index (χ1v) is 5.80. The summed E-state index contributed by atoms with van der Waals surface area (Å²) >= 11 is 1.72. The highest BCUT2D eigenvalue weighted by molar-refractivity contribution is 7.98. The minimum absolute atomic E-state index is 0.151. The maximum atomic E-state index is 10.8. The van der Waals surface area contributed by atoms with Crippen LogP contribution in [0, 0.1) is 10.3 Å². The van der Waals surface area contributed by atoms with E-state index in [-0.39, 0.29) is 11.6 Å². The first kappa shape index (κ1) is 11.2. The molecule has 14 heavy (non-hydrogen) atoms. The second kappa shape index (κ2) is 4.59. The van der Waals surface area contributed by atoms with Gasteiger partial charge in [0.1, 0.15) is 0 Å². The fraction of sp³-hybridized carbons (Fsp3) is 0.667. The molecule has 0 aliphatic rings. The molecule has 0 N–H and O–H groups in total. The Morgan fingerprint density at radius 1 is 1.64 bits per heavy atom. The van der Waals surface area contributed by atoms with Crippen LogP contribution in [-0.2, 0) is 0 Å². The van der Waals surface area contributed by atoms with Crippen molar-refractivity contribution >= 4 is 11.8 Å². The van der Waals surface area contributed by atoms with Crippen molar-refractivity contribution in [1.82, 2.24) is 9.55 Å². The van der Waals surface area contributed by atoms with Crippen molar-refractivity contribution in [1.29, 1.82) is 0 Å². The summed E-state index contributed by atoms with van der Waals surface area (Å²) in [6.07, 6.45) is 6.71. The fourth-order valence-electron chi connectivity index (χ4n) is 1.46. The Labute approximate surface area is 88.1 Å². The van der Waals surface area contributed by atoms with Crippen molar-refractivity contribution in [3.8, 4) is 0 Å². The molecule has 4 nitrogen and oxygen atoms in total. The van der Waals surface area contributed by atoms with Crippen molar-refractivity contribution in [2.75, 3.05) is 12.0 Å². The van der Waals surface area contributed by atoms with Crippen LogP contribution in [0.4, 0.5) is 0 Å². The van der Waals surface area contributed by atoms with E-state index >= 15 is 0 Å². The molecule has 0 amide bonds. The summed E-state index contributed by atoms with van der Waals surface area (Å²) < 4.78 is 1.75.